The van der Waals surface area contributed by atoms with Crippen molar-refractivity contribution in [2.45, 2.75) is 40.0 Å². The van der Waals surface area contributed by atoms with Crippen molar-refractivity contribution >= 4 is 0 Å². The van der Waals surface area contributed by atoms with Gasteiger partial charge in [0.25, 0.3) is 5.56 Å². The second-order valence-corrected chi connectivity index (χ2v) is 6.32. The molecule has 0 aliphatic heterocycles. The SMILES string of the molecule is COc1ccc(-c2nc(C(C)(C)C)[nH]c(=O)c2C)c(C)c1. The number of aryl methyl sites for hydroxylation is 1. The zero-order chi connectivity index (χ0) is 15.8. The van der Waals surface area contributed by atoms with E-state index >= 15 is 0 Å². The van der Waals surface area contributed by atoms with Crippen molar-refractivity contribution in [3.8, 4) is 17.0 Å². The highest BCUT2D eigenvalue weighted by Crippen LogP contribution is 2.28. The van der Waals surface area contributed by atoms with Gasteiger partial charge in [-0.2, -0.15) is 0 Å². The molecule has 0 bridgehead atoms. The van der Waals surface area contributed by atoms with Gasteiger partial charge in [-0.05, 0) is 37.6 Å². The maximum absolute atomic E-state index is 12.2. The average molecular weight is 286 g/mol. The molecule has 0 amide bonds. The molecule has 1 heterocycles. The summed E-state index contributed by atoms with van der Waals surface area (Å²) in [4.78, 5) is 19.8. The Morgan fingerprint density at radius 2 is 1.86 bits per heavy atom. The van der Waals surface area contributed by atoms with Crippen molar-refractivity contribution in [3.63, 3.8) is 0 Å². The van der Waals surface area contributed by atoms with Crippen LogP contribution in [0.5, 0.6) is 5.75 Å². The molecule has 0 atom stereocenters. The van der Waals surface area contributed by atoms with Crippen LogP contribution in [0.25, 0.3) is 11.3 Å². The molecule has 0 unspecified atom stereocenters. The Balaban J connectivity index is 2.69. The molecule has 0 fully saturated rings. The van der Waals surface area contributed by atoms with E-state index in [2.05, 4.69) is 4.98 Å². The molecule has 1 aromatic heterocycles. The van der Waals surface area contributed by atoms with Gasteiger partial charge in [0.15, 0.2) is 0 Å². The minimum atomic E-state index is -0.206. The number of rotatable bonds is 2. The van der Waals surface area contributed by atoms with E-state index in [4.69, 9.17) is 9.72 Å². The molecule has 112 valence electrons. The van der Waals surface area contributed by atoms with Gasteiger partial charge < -0.3 is 9.72 Å². The van der Waals surface area contributed by atoms with E-state index in [-0.39, 0.29) is 11.0 Å². The highest BCUT2D eigenvalue weighted by molar-refractivity contribution is 5.67. The quantitative estimate of drug-likeness (QED) is 0.921. The van der Waals surface area contributed by atoms with E-state index in [0.29, 0.717) is 11.4 Å². The van der Waals surface area contributed by atoms with Crippen LogP contribution in [0.2, 0.25) is 0 Å². The van der Waals surface area contributed by atoms with E-state index in [1.807, 2.05) is 45.9 Å². The van der Waals surface area contributed by atoms with Crippen LogP contribution in [0, 0.1) is 13.8 Å². The third-order valence-corrected chi connectivity index (χ3v) is 3.55. The average Bonchev–Trinajstić information content (AvgIpc) is 2.40. The smallest absolute Gasteiger partial charge is 0.254 e. The number of hydrogen-bond acceptors (Lipinski definition) is 3. The molecule has 0 radical (unpaired) electrons. The second-order valence-electron chi connectivity index (χ2n) is 6.32. The fraction of sp³-hybridized carbons (Fsp3) is 0.412. The first-order valence-corrected chi connectivity index (χ1v) is 7.00. The summed E-state index contributed by atoms with van der Waals surface area (Å²) >= 11 is 0. The summed E-state index contributed by atoms with van der Waals surface area (Å²) in [5, 5.41) is 0. The topological polar surface area (TPSA) is 55.0 Å². The zero-order valence-electron chi connectivity index (χ0n) is 13.5. The van der Waals surface area contributed by atoms with E-state index in [0.717, 1.165) is 22.6 Å². The monoisotopic (exact) mass is 286 g/mol. The molecule has 21 heavy (non-hydrogen) atoms. The third-order valence-electron chi connectivity index (χ3n) is 3.55. The molecule has 0 spiro atoms. The standard InChI is InChI=1S/C17H22N2O2/c1-10-9-12(21-6)7-8-13(10)14-11(2)15(20)19-16(18-14)17(3,4)5/h7-9H,1-6H3,(H,18,19,20). The van der Waals surface area contributed by atoms with Crippen molar-refractivity contribution in [2.75, 3.05) is 7.11 Å². The summed E-state index contributed by atoms with van der Waals surface area (Å²) in [5.41, 5.74) is 3.09. The Hall–Kier alpha value is -2.10. The summed E-state index contributed by atoms with van der Waals surface area (Å²) in [6, 6.07) is 5.80. The van der Waals surface area contributed by atoms with Gasteiger partial charge in [0, 0.05) is 16.5 Å². The molecule has 0 saturated carbocycles. The van der Waals surface area contributed by atoms with Crippen molar-refractivity contribution < 1.29 is 4.74 Å². The molecular weight excluding hydrogens is 264 g/mol. The Labute approximate surface area is 125 Å². The Morgan fingerprint density at radius 1 is 1.19 bits per heavy atom. The molecule has 0 saturated heterocycles. The van der Waals surface area contributed by atoms with Crippen LogP contribution in [-0.2, 0) is 5.41 Å². The lowest BCUT2D eigenvalue weighted by Gasteiger charge is -2.19. The summed E-state index contributed by atoms with van der Waals surface area (Å²) in [6.45, 7) is 9.90. The highest BCUT2D eigenvalue weighted by atomic mass is 16.5. The van der Waals surface area contributed by atoms with Crippen LogP contribution in [0.3, 0.4) is 0 Å². The molecular formula is C17H22N2O2. The molecule has 4 heteroatoms. The maximum Gasteiger partial charge on any atom is 0.254 e. The zero-order valence-corrected chi connectivity index (χ0v) is 13.5. The van der Waals surface area contributed by atoms with E-state index < -0.39 is 0 Å². The van der Waals surface area contributed by atoms with Crippen molar-refractivity contribution in [2.24, 2.45) is 0 Å². The van der Waals surface area contributed by atoms with Gasteiger partial charge in [-0.1, -0.05) is 20.8 Å². The summed E-state index contributed by atoms with van der Waals surface area (Å²) < 4.78 is 5.23. The van der Waals surface area contributed by atoms with Crippen LogP contribution in [0.1, 0.15) is 37.7 Å². The maximum atomic E-state index is 12.2. The molecule has 0 aliphatic rings. The number of aromatic nitrogens is 2. The van der Waals surface area contributed by atoms with Gasteiger partial charge in [0.2, 0.25) is 0 Å². The molecule has 2 aromatic rings. The minimum absolute atomic E-state index is 0.0832. The normalized spacial score (nSPS) is 11.5. The first kappa shape index (κ1) is 15.3. The third kappa shape index (κ3) is 2.99. The second kappa shape index (κ2) is 5.35. The number of methoxy groups -OCH3 is 1. The number of nitrogens with one attached hydrogen (secondary N) is 1. The lowest BCUT2D eigenvalue weighted by Crippen LogP contribution is -2.24. The molecule has 1 N–H and O–H groups in total. The van der Waals surface area contributed by atoms with Crippen LogP contribution >= 0.6 is 0 Å². The molecule has 1 aromatic carbocycles. The lowest BCUT2D eigenvalue weighted by molar-refractivity contribution is 0.414. The molecule has 4 nitrogen and oxygen atoms in total. The fourth-order valence-electron chi connectivity index (χ4n) is 2.18. The number of aromatic amines is 1. The van der Waals surface area contributed by atoms with Crippen LogP contribution in [0.4, 0.5) is 0 Å². The van der Waals surface area contributed by atoms with Crippen LogP contribution in [0.15, 0.2) is 23.0 Å². The van der Waals surface area contributed by atoms with Crippen LogP contribution in [-0.4, -0.2) is 17.1 Å². The summed E-state index contributed by atoms with van der Waals surface area (Å²) in [7, 11) is 1.64. The van der Waals surface area contributed by atoms with Crippen molar-refractivity contribution in [1.29, 1.82) is 0 Å². The molecule has 2 rings (SSSR count). The van der Waals surface area contributed by atoms with Gasteiger partial charge in [-0.3, -0.25) is 4.79 Å². The van der Waals surface area contributed by atoms with E-state index in [1.54, 1.807) is 14.0 Å². The number of benzene rings is 1. The number of ether oxygens (including phenoxy) is 1. The largest absolute Gasteiger partial charge is 0.497 e. The number of nitrogens with zero attached hydrogens (tertiary/aromatic N) is 1. The Kier molecular flexibility index (Phi) is 3.90. The lowest BCUT2D eigenvalue weighted by atomic mass is 9.94. The Morgan fingerprint density at radius 3 is 2.38 bits per heavy atom. The first-order valence-electron chi connectivity index (χ1n) is 7.00. The van der Waals surface area contributed by atoms with Gasteiger partial charge >= 0.3 is 0 Å². The number of hydrogen-bond donors (Lipinski definition) is 1. The fourth-order valence-corrected chi connectivity index (χ4v) is 2.18. The van der Waals surface area contributed by atoms with Crippen LogP contribution < -0.4 is 10.3 Å². The summed E-state index contributed by atoms with van der Waals surface area (Å²) in [5.74, 6) is 1.50. The summed E-state index contributed by atoms with van der Waals surface area (Å²) in [6.07, 6.45) is 0. The first-order chi connectivity index (χ1) is 9.74. The highest BCUT2D eigenvalue weighted by Gasteiger charge is 2.20. The molecule has 0 aliphatic carbocycles. The van der Waals surface area contributed by atoms with Gasteiger partial charge in [0.1, 0.15) is 11.6 Å². The predicted molar refractivity (Wildman–Crippen MR) is 85.0 cm³/mol. The van der Waals surface area contributed by atoms with Gasteiger partial charge in [-0.25, -0.2) is 4.98 Å². The van der Waals surface area contributed by atoms with Gasteiger partial charge in [-0.15, -0.1) is 0 Å². The van der Waals surface area contributed by atoms with Gasteiger partial charge in [0.05, 0.1) is 12.8 Å². The number of H-pyrrole nitrogens is 1. The Bertz CT molecular complexity index is 725. The van der Waals surface area contributed by atoms with Crippen molar-refractivity contribution in [3.05, 3.63) is 45.5 Å². The predicted octanol–water partition coefficient (Wildman–Crippen LogP) is 3.36. The van der Waals surface area contributed by atoms with E-state index in [9.17, 15) is 4.79 Å². The minimum Gasteiger partial charge on any atom is -0.497 e. The van der Waals surface area contributed by atoms with E-state index in [1.165, 1.54) is 0 Å². The van der Waals surface area contributed by atoms with Crippen molar-refractivity contribution in [1.82, 2.24) is 9.97 Å².